The van der Waals surface area contributed by atoms with Gasteiger partial charge in [-0.25, -0.2) is 9.97 Å². The van der Waals surface area contributed by atoms with Gasteiger partial charge in [0.25, 0.3) is 0 Å². The largest absolute Gasteiger partial charge is 0.356 e. The van der Waals surface area contributed by atoms with Gasteiger partial charge in [0.1, 0.15) is 5.82 Å². The highest BCUT2D eigenvalue weighted by molar-refractivity contribution is 6.30. The van der Waals surface area contributed by atoms with Gasteiger partial charge in [0.15, 0.2) is 5.76 Å². The van der Waals surface area contributed by atoms with Crippen LogP contribution in [0, 0.1) is 13.8 Å². The third-order valence-electron chi connectivity index (χ3n) is 5.22. The summed E-state index contributed by atoms with van der Waals surface area (Å²) < 4.78 is 5.48. The first-order chi connectivity index (χ1) is 14.0. The average Bonchev–Trinajstić information content (AvgIpc) is 3.14. The van der Waals surface area contributed by atoms with Crippen LogP contribution in [0.1, 0.15) is 48.1 Å². The molecule has 1 aromatic carbocycles. The van der Waals surface area contributed by atoms with Crippen LogP contribution in [0.3, 0.4) is 0 Å². The van der Waals surface area contributed by atoms with Crippen LogP contribution in [0.4, 0.5) is 0 Å². The Hall–Kier alpha value is -2.73. The maximum atomic E-state index is 13.2. The molecule has 1 aliphatic rings. The third kappa shape index (κ3) is 4.32. The quantitative estimate of drug-likeness (QED) is 0.623. The summed E-state index contributed by atoms with van der Waals surface area (Å²) in [5, 5.41) is 4.64. The Bertz CT molecular complexity index is 1030. The van der Waals surface area contributed by atoms with E-state index in [0.29, 0.717) is 29.6 Å². The second-order valence-corrected chi connectivity index (χ2v) is 7.89. The van der Waals surface area contributed by atoms with Crippen molar-refractivity contribution >= 4 is 17.5 Å². The number of likely N-dealkylation sites (tertiary alicyclic amines) is 1. The first-order valence-corrected chi connectivity index (χ1v) is 10.2. The van der Waals surface area contributed by atoms with Gasteiger partial charge in [0, 0.05) is 23.8 Å². The zero-order valence-corrected chi connectivity index (χ0v) is 17.3. The van der Waals surface area contributed by atoms with Crippen LogP contribution in [0.5, 0.6) is 0 Å². The normalized spacial score (nSPS) is 16.8. The molecular formula is C22H23ClN4O2. The number of amides is 1. The van der Waals surface area contributed by atoms with Crippen molar-refractivity contribution < 1.29 is 9.32 Å². The number of rotatable bonds is 4. The zero-order chi connectivity index (χ0) is 20.4. The molecular weight excluding hydrogens is 388 g/mol. The number of aromatic nitrogens is 3. The van der Waals surface area contributed by atoms with Crippen molar-refractivity contribution in [2.45, 2.75) is 45.6 Å². The van der Waals surface area contributed by atoms with Crippen molar-refractivity contribution in [2.24, 2.45) is 0 Å². The lowest BCUT2D eigenvalue weighted by Crippen LogP contribution is -2.40. The van der Waals surface area contributed by atoms with E-state index in [9.17, 15) is 4.79 Å². The number of hydrogen-bond donors (Lipinski definition) is 0. The molecule has 0 unspecified atom stereocenters. The minimum atomic E-state index is -0.113. The van der Waals surface area contributed by atoms with Gasteiger partial charge in [-0.3, -0.25) is 4.79 Å². The molecule has 3 heterocycles. The fourth-order valence-electron chi connectivity index (χ4n) is 3.86. The van der Waals surface area contributed by atoms with Gasteiger partial charge in [-0.1, -0.05) is 28.9 Å². The summed E-state index contributed by atoms with van der Waals surface area (Å²) in [6.07, 6.45) is 4.98. The molecule has 29 heavy (non-hydrogen) atoms. The molecule has 0 saturated carbocycles. The van der Waals surface area contributed by atoms with Gasteiger partial charge in [0.2, 0.25) is 5.91 Å². The van der Waals surface area contributed by atoms with E-state index in [-0.39, 0.29) is 11.9 Å². The molecule has 1 atom stereocenters. The molecule has 4 rings (SSSR count). The van der Waals surface area contributed by atoms with Gasteiger partial charge in [-0.05, 0) is 50.8 Å². The van der Waals surface area contributed by atoms with Crippen LogP contribution < -0.4 is 0 Å². The average molecular weight is 411 g/mol. The first kappa shape index (κ1) is 19.6. The minimum Gasteiger partial charge on any atom is -0.356 e. The summed E-state index contributed by atoms with van der Waals surface area (Å²) in [7, 11) is 0. The Morgan fingerprint density at radius 2 is 2.14 bits per heavy atom. The van der Waals surface area contributed by atoms with E-state index in [2.05, 4.69) is 10.1 Å². The molecule has 0 spiro atoms. The maximum Gasteiger partial charge on any atom is 0.227 e. The maximum absolute atomic E-state index is 13.2. The molecule has 2 aromatic heterocycles. The van der Waals surface area contributed by atoms with Crippen LogP contribution in [0.15, 0.2) is 41.1 Å². The predicted molar refractivity (Wildman–Crippen MR) is 110 cm³/mol. The Kier molecular flexibility index (Phi) is 5.62. The molecule has 1 aliphatic heterocycles. The summed E-state index contributed by atoms with van der Waals surface area (Å²) in [5.41, 5.74) is 3.33. The molecule has 0 bridgehead atoms. The first-order valence-electron chi connectivity index (χ1n) is 9.82. The number of hydrogen-bond acceptors (Lipinski definition) is 5. The molecule has 1 fully saturated rings. The molecule has 0 N–H and O–H groups in total. The number of aryl methyl sites for hydroxylation is 2. The van der Waals surface area contributed by atoms with Gasteiger partial charge >= 0.3 is 0 Å². The fraction of sp³-hybridized carbons (Fsp3) is 0.364. The number of carbonyl (C=O) groups is 1. The zero-order valence-electron chi connectivity index (χ0n) is 16.6. The standard InChI is InChI=1S/C22H23ClN4O2/c1-14-10-20(29-26-14)18-13-24-15(2)25-22(18)19-8-3-4-9-27(19)21(28)12-16-6-5-7-17(23)11-16/h5-7,10-11,13,19H,3-4,8-9,12H2,1-2H3/t19-/m1/s1. The number of piperidine rings is 1. The summed E-state index contributed by atoms with van der Waals surface area (Å²) in [5.74, 6) is 1.38. The van der Waals surface area contributed by atoms with E-state index >= 15 is 0 Å². The van der Waals surface area contributed by atoms with Crippen LogP contribution in [0.2, 0.25) is 5.02 Å². The van der Waals surface area contributed by atoms with Crippen LogP contribution in [0.25, 0.3) is 11.3 Å². The van der Waals surface area contributed by atoms with Crippen LogP contribution >= 0.6 is 11.6 Å². The van der Waals surface area contributed by atoms with Crippen molar-refractivity contribution in [1.82, 2.24) is 20.0 Å². The third-order valence-corrected chi connectivity index (χ3v) is 5.45. The summed E-state index contributed by atoms with van der Waals surface area (Å²) in [4.78, 5) is 24.2. The highest BCUT2D eigenvalue weighted by Gasteiger charge is 2.32. The smallest absolute Gasteiger partial charge is 0.227 e. The summed E-state index contributed by atoms with van der Waals surface area (Å²) in [6.45, 7) is 4.45. The Morgan fingerprint density at radius 3 is 2.90 bits per heavy atom. The lowest BCUT2D eigenvalue weighted by atomic mass is 9.94. The van der Waals surface area contributed by atoms with E-state index in [0.717, 1.165) is 41.8 Å². The number of benzene rings is 1. The summed E-state index contributed by atoms with van der Waals surface area (Å²) in [6, 6.07) is 9.22. The predicted octanol–water partition coefficient (Wildman–Crippen LogP) is 4.70. The van der Waals surface area contributed by atoms with E-state index in [1.54, 1.807) is 6.20 Å². The topological polar surface area (TPSA) is 72.1 Å². The fourth-order valence-corrected chi connectivity index (χ4v) is 4.07. The minimum absolute atomic E-state index is 0.0768. The highest BCUT2D eigenvalue weighted by atomic mass is 35.5. The number of nitrogens with zero attached hydrogens (tertiary/aromatic N) is 4. The highest BCUT2D eigenvalue weighted by Crippen LogP contribution is 2.36. The Morgan fingerprint density at radius 1 is 1.28 bits per heavy atom. The molecule has 1 saturated heterocycles. The van der Waals surface area contributed by atoms with E-state index in [1.165, 1.54) is 0 Å². The molecule has 1 amide bonds. The Balaban J connectivity index is 1.67. The second kappa shape index (κ2) is 8.33. The van der Waals surface area contributed by atoms with Crippen molar-refractivity contribution in [1.29, 1.82) is 0 Å². The molecule has 150 valence electrons. The van der Waals surface area contributed by atoms with Crippen molar-refractivity contribution in [3.05, 3.63) is 64.3 Å². The number of halogens is 1. The molecule has 0 radical (unpaired) electrons. The Labute approximate surface area is 174 Å². The monoisotopic (exact) mass is 410 g/mol. The molecule has 0 aliphatic carbocycles. The van der Waals surface area contributed by atoms with Crippen molar-refractivity contribution in [3.8, 4) is 11.3 Å². The SMILES string of the molecule is Cc1cc(-c2cnc(C)nc2[C@H]2CCCCN2C(=O)Cc2cccc(Cl)c2)on1. The number of carbonyl (C=O) groups excluding carboxylic acids is 1. The van der Waals surface area contributed by atoms with E-state index < -0.39 is 0 Å². The molecule has 6 nitrogen and oxygen atoms in total. The van der Waals surface area contributed by atoms with Gasteiger partial charge < -0.3 is 9.42 Å². The van der Waals surface area contributed by atoms with Crippen molar-refractivity contribution in [2.75, 3.05) is 6.54 Å². The van der Waals surface area contributed by atoms with Gasteiger partial charge in [0.05, 0.1) is 29.4 Å². The second-order valence-electron chi connectivity index (χ2n) is 7.45. The lowest BCUT2D eigenvalue weighted by Gasteiger charge is -2.36. The summed E-state index contributed by atoms with van der Waals surface area (Å²) >= 11 is 6.09. The molecule has 7 heteroatoms. The van der Waals surface area contributed by atoms with E-state index in [4.69, 9.17) is 21.1 Å². The van der Waals surface area contributed by atoms with E-state index in [1.807, 2.05) is 49.1 Å². The van der Waals surface area contributed by atoms with Crippen molar-refractivity contribution in [3.63, 3.8) is 0 Å². The van der Waals surface area contributed by atoms with Crippen LogP contribution in [-0.4, -0.2) is 32.5 Å². The van der Waals surface area contributed by atoms with Gasteiger partial charge in [-0.15, -0.1) is 0 Å². The van der Waals surface area contributed by atoms with Gasteiger partial charge in [-0.2, -0.15) is 0 Å². The lowest BCUT2D eigenvalue weighted by molar-refractivity contribution is -0.134. The molecule has 3 aromatic rings. The van der Waals surface area contributed by atoms with Crippen LogP contribution in [-0.2, 0) is 11.2 Å².